The van der Waals surface area contributed by atoms with E-state index in [-0.39, 0.29) is 48.0 Å². The smallest absolute Gasteiger partial charge is 0.229 e. The molecular weight excluding hydrogens is 560 g/mol. The minimum absolute atomic E-state index is 0.0170. The Bertz CT molecular complexity index is 1270. The number of ether oxygens (including phenoxy) is 6. The highest BCUT2D eigenvalue weighted by Crippen LogP contribution is 2.43. The van der Waals surface area contributed by atoms with Crippen molar-refractivity contribution in [1.29, 1.82) is 0 Å². The molecule has 3 heterocycles. The van der Waals surface area contributed by atoms with Gasteiger partial charge in [-0.15, -0.1) is 0 Å². The minimum atomic E-state index is -1.71. The highest BCUT2D eigenvalue weighted by atomic mass is 16.7. The topological polar surface area (TPSA) is 214 Å². The molecule has 3 aliphatic heterocycles. The standard InChI is InChI=1S/C28H34O14/c1-11-24(33)17(32)9-22(39-11)38-10-21-25(34)26(35)27(36)28(42-21)40-13-6-15(30)23-16(31)8-19(41-20(23)7-13)12-3-4-18(37-2)14(29)5-12/h3-7,11,17,19,21-22,24-30,32-36H,8-10H2,1-2H3/t11-,17?,19-,21?,22+,24?,25?,26?,27?,28?/m0/s1. The molecule has 42 heavy (non-hydrogen) atoms. The molecule has 0 aromatic heterocycles. The van der Waals surface area contributed by atoms with E-state index in [1.807, 2.05) is 0 Å². The predicted octanol–water partition coefficient (Wildman–Crippen LogP) is -0.127. The van der Waals surface area contributed by atoms with Crippen molar-refractivity contribution in [2.75, 3.05) is 13.7 Å². The summed E-state index contributed by atoms with van der Waals surface area (Å²) in [6.45, 7) is 1.24. The van der Waals surface area contributed by atoms with Crippen LogP contribution in [0.5, 0.6) is 28.7 Å². The molecule has 7 unspecified atom stereocenters. The van der Waals surface area contributed by atoms with Crippen LogP contribution in [-0.2, 0) is 14.2 Å². The number of aliphatic hydroxyl groups excluding tert-OH is 5. The number of hydrogen-bond acceptors (Lipinski definition) is 14. The van der Waals surface area contributed by atoms with Crippen molar-refractivity contribution in [3.8, 4) is 28.7 Å². The van der Waals surface area contributed by atoms with E-state index in [2.05, 4.69) is 0 Å². The molecule has 5 rings (SSSR count). The number of carbonyl (C=O) groups excluding carboxylic acids is 1. The molecule has 0 bridgehead atoms. The predicted molar refractivity (Wildman–Crippen MR) is 139 cm³/mol. The maximum absolute atomic E-state index is 12.9. The molecule has 0 aliphatic carbocycles. The summed E-state index contributed by atoms with van der Waals surface area (Å²) >= 11 is 0. The lowest BCUT2D eigenvalue weighted by atomic mass is 9.95. The van der Waals surface area contributed by atoms with E-state index in [9.17, 15) is 40.5 Å². The molecule has 3 aliphatic rings. The van der Waals surface area contributed by atoms with Crippen molar-refractivity contribution in [2.45, 2.75) is 81.2 Å². The lowest BCUT2D eigenvalue weighted by Crippen LogP contribution is -2.60. The van der Waals surface area contributed by atoms with Gasteiger partial charge in [-0.2, -0.15) is 0 Å². The van der Waals surface area contributed by atoms with Gasteiger partial charge in [-0.3, -0.25) is 4.79 Å². The number of benzene rings is 2. The summed E-state index contributed by atoms with van der Waals surface area (Å²) in [5.74, 6) is -0.852. The number of phenols is 2. The number of aliphatic hydroxyl groups is 5. The van der Waals surface area contributed by atoms with Crippen molar-refractivity contribution in [3.63, 3.8) is 0 Å². The van der Waals surface area contributed by atoms with Gasteiger partial charge in [0.15, 0.2) is 23.6 Å². The first-order chi connectivity index (χ1) is 20.0. The number of phenolic OH excluding ortho intramolecular Hbond substituents is 2. The molecule has 2 aromatic carbocycles. The van der Waals surface area contributed by atoms with E-state index in [1.165, 1.54) is 25.3 Å². The summed E-state index contributed by atoms with van der Waals surface area (Å²) in [5.41, 5.74) is 0.416. The molecule has 230 valence electrons. The van der Waals surface area contributed by atoms with Gasteiger partial charge in [0.2, 0.25) is 6.29 Å². The lowest BCUT2D eigenvalue weighted by Gasteiger charge is -2.41. The average molecular weight is 595 g/mol. The number of fused-ring (bicyclic) bond motifs is 1. The Morgan fingerprint density at radius 1 is 0.929 bits per heavy atom. The fourth-order valence-electron chi connectivity index (χ4n) is 5.20. The number of carbonyl (C=O) groups is 1. The molecule has 10 atom stereocenters. The fraction of sp³-hybridized carbons (Fsp3) is 0.536. The van der Waals surface area contributed by atoms with Crippen LogP contribution in [0, 0.1) is 0 Å². The van der Waals surface area contributed by atoms with Crippen LogP contribution in [0.4, 0.5) is 0 Å². The highest BCUT2D eigenvalue weighted by molar-refractivity contribution is 6.02. The summed E-state index contributed by atoms with van der Waals surface area (Å²) in [6.07, 6.45) is -12.5. The molecule has 14 heteroatoms. The van der Waals surface area contributed by atoms with Gasteiger partial charge in [0.25, 0.3) is 0 Å². The van der Waals surface area contributed by atoms with E-state index in [0.717, 1.165) is 6.07 Å². The van der Waals surface area contributed by atoms with Crippen LogP contribution in [0.1, 0.15) is 41.8 Å². The van der Waals surface area contributed by atoms with Gasteiger partial charge in [-0.1, -0.05) is 6.07 Å². The summed E-state index contributed by atoms with van der Waals surface area (Å²) in [5, 5.41) is 72.0. The Labute approximate surface area is 240 Å². The van der Waals surface area contributed by atoms with Crippen LogP contribution >= 0.6 is 0 Å². The maximum atomic E-state index is 12.9. The second-order valence-corrected chi connectivity index (χ2v) is 10.5. The van der Waals surface area contributed by atoms with Crippen LogP contribution in [0.15, 0.2) is 30.3 Å². The Hall–Kier alpha value is -3.21. The third kappa shape index (κ3) is 5.98. The third-order valence-corrected chi connectivity index (χ3v) is 7.59. The molecule has 2 aromatic rings. The molecule has 2 saturated heterocycles. The number of rotatable bonds is 7. The summed E-state index contributed by atoms with van der Waals surface area (Å²) in [4.78, 5) is 12.9. The fourth-order valence-corrected chi connectivity index (χ4v) is 5.20. The lowest BCUT2D eigenvalue weighted by molar-refractivity contribution is -0.299. The van der Waals surface area contributed by atoms with Gasteiger partial charge >= 0.3 is 0 Å². The summed E-state index contributed by atoms with van der Waals surface area (Å²) < 4.78 is 33.5. The van der Waals surface area contributed by atoms with Gasteiger partial charge < -0.3 is 64.2 Å². The van der Waals surface area contributed by atoms with Crippen molar-refractivity contribution in [2.24, 2.45) is 0 Å². The van der Waals surface area contributed by atoms with Crippen LogP contribution < -0.4 is 14.2 Å². The van der Waals surface area contributed by atoms with Crippen molar-refractivity contribution in [3.05, 3.63) is 41.5 Å². The molecular formula is C28H34O14. The van der Waals surface area contributed by atoms with Crippen LogP contribution in [-0.4, -0.2) is 111 Å². The molecule has 0 amide bonds. The monoisotopic (exact) mass is 594 g/mol. The molecule has 0 spiro atoms. The summed E-state index contributed by atoms with van der Waals surface area (Å²) in [6, 6.07) is 7.00. The van der Waals surface area contributed by atoms with Crippen LogP contribution in [0.3, 0.4) is 0 Å². The Kier molecular flexibility index (Phi) is 8.78. The van der Waals surface area contributed by atoms with Crippen molar-refractivity contribution >= 4 is 5.78 Å². The number of methoxy groups -OCH3 is 1. The number of Topliss-reactive ketones (excluding diaryl/α,β-unsaturated/α-hetero) is 1. The maximum Gasteiger partial charge on any atom is 0.229 e. The first-order valence-electron chi connectivity index (χ1n) is 13.4. The Morgan fingerprint density at radius 3 is 2.38 bits per heavy atom. The average Bonchev–Trinajstić information content (AvgIpc) is 2.95. The first kappa shape index (κ1) is 30.3. The van der Waals surface area contributed by atoms with Crippen molar-refractivity contribution in [1.82, 2.24) is 0 Å². The van der Waals surface area contributed by atoms with E-state index in [4.69, 9.17) is 28.4 Å². The Morgan fingerprint density at radius 2 is 1.69 bits per heavy atom. The van der Waals surface area contributed by atoms with Crippen LogP contribution in [0.2, 0.25) is 0 Å². The minimum Gasteiger partial charge on any atom is -0.507 e. The number of aromatic hydroxyl groups is 2. The van der Waals surface area contributed by atoms with Gasteiger partial charge in [-0.05, 0) is 24.6 Å². The summed E-state index contributed by atoms with van der Waals surface area (Å²) in [7, 11) is 1.40. The second kappa shape index (κ2) is 12.2. The molecule has 14 nitrogen and oxygen atoms in total. The Balaban J connectivity index is 1.30. The number of ketones is 1. The van der Waals surface area contributed by atoms with Gasteiger partial charge in [0.05, 0.1) is 32.3 Å². The zero-order chi connectivity index (χ0) is 30.3. The van der Waals surface area contributed by atoms with Crippen LogP contribution in [0.25, 0.3) is 0 Å². The normalized spacial score (nSPS) is 34.8. The van der Waals surface area contributed by atoms with Gasteiger partial charge in [0, 0.05) is 18.6 Å². The highest BCUT2D eigenvalue weighted by Gasteiger charge is 2.46. The van der Waals surface area contributed by atoms with Gasteiger partial charge in [-0.25, -0.2) is 0 Å². The SMILES string of the molecule is COc1ccc([C@@H]2CC(=O)c3c(O)cc(OC4OC(CO[C@H]5CC(O)C(O)[C@H](C)O5)C(O)C(O)C4O)cc3O2)cc1O. The second-order valence-electron chi connectivity index (χ2n) is 10.5. The van der Waals surface area contributed by atoms with E-state index in [1.54, 1.807) is 13.0 Å². The largest absolute Gasteiger partial charge is 0.507 e. The molecule has 7 N–H and O–H groups in total. The third-order valence-electron chi connectivity index (χ3n) is 7.59. The van der Waals surface area contributed by atoms with Crippen molar-refractivity contribution < 1.29 is 69.0 Å². The zero-order valence-corrected chi connectivity index (χ0v) is 22.8. The quantitative estimate of drug-likeness (QED) is 0.223. The molecule has 0 radical (unpaired) electrons. The zero-order valence-electron chi connectivity index (χ0n) is 22.8. The van der Waals surface area contributed by atoms with E-state index < -0.39 is 72.9 Å². The van der Waals surface area contributed by atoms with E-state index >= 15 is 0 Å². The molecule has 0 saturated carbocycles. The molecule has 2 fully saturated rings. The van der Waals surface area contributed by atoms with Gasteiger partial charge in [0.1, 0.15) is 59.4 Å². The van der Waals surface area contributed by atoms with E-state index in [0.29, 0.717) is 5.56 Å². The number of hydrogen-bond donors (Lipinski definition) is 7. The first-order valence-corrected chi connectivity index (χ1v) is 13.4.